The molecule has 4 heterocycles. The van der Waals surface area contributed by atoms with Crippen molar-refractivity contribution in [3.8, 4) is 0 Å². The Balaban J connectivity index is 1.27. The van der Waals surface area contributed by atoms with E-state index in [0.717, 1.165) is 60.5 Å². The summed E-state index contributed by atoms with van der Waals surface area (Å²) in [6.45, 7) is 10.5. The Morgan fingerprint density at radius 2 is 1.63 bits per heavy atom. The number of benzene rings is 1. The first-order valence-electron chi connectivity index (χ1n) is 14.2. The van der Waals surface area contributed by atoms with Crippen LogP contribution in [0.3, 0.4) is 0 Å². The van der Waals surface area contributed by atoms with Gasteiger partial charge >= 0.3 is 0 Å². The molecule has 1 N–H and O–H groups in total. The molecule has 0 bridgehead atoms. The van der Waals surface area contributed by atoms with Crippen LogP contribution in [-0.4, -0.2) is 70.5 Å². The minimum Gasteiger partial charge on any atom is -0.366 e. The van der Waals surface area contributed by atoms with Gasteiger partial charge in [-0.3, -0.25) is 4.79 Å². The van der Waals surface area contributed by atoms with Crippen LogP contribution < -0.4 is 9.80 Å². The summed E-state index contributed by atoms with van der Waals surface area (Å²) in [5.41, 5.74) is 6.20. The van der Waals surface area contributed by atoms with E-state index in [0.29, 0.717) is 42.1 Å². The molecule has 0 unspecified atom stereocenters. The summed E-state index contributed by atoms with van der Waals surface area (Å²) in [5.74, 6) is 1.48. The van der Waals surface area contributed by atoms with Crippen molar-refractivity contribution in [2.75, 3.05) is 55.3 Å². The van der Waals surface area contributed by atoms with Crippen LogP contribution in [0.1, 0.15) is 45.5 Å². The Bertz CT molecular complexity index is 1540. The molecular weight excluding hydrogens is 556 g/mol. The minimum atomic E-state index is -2.95. The highest BCUT2D eigenvalue weighted by Crippen LogP contribution is 2.32. The van der Waals surface area contributed by atoms with E-state index < -0.39 is 9.73 Å². The summed E-state index contributed by atoms with van der Waals surface area (Å²) < 4.78 is 20.5. The molecule has 2 aliphatic rings. The van der Waals surface area contributed by atoms with E-state index in [1.165, 1.54) is 17.4 Å². The summed E-state index contributed by atoms with van der Waals surface area (Å²) in [5, 5.41) is 1.01. The van der Waals surface area contributed by atoms with Crippen LogP contribution in [0, 0.1) is 31.5 Å². The Kier molecular flexibility index (Phi) is 8.57. The molecule has 5 rings (SSSR count). The van der Waals surface area contributed by atoms with Gasteiger partial charge in [0.25, 0.3) is 5.91 Å². The Hall–Kier alpha value is -3.17. The van der Waals surface area contributed by atoms with Crippen molar-refractivity contribution in [1.82, 2.24) is 14.9 Å². The maximum absolute atomic E-state index is 13.9. The number of anilines is 2. The number of piperazine rings is 1. The molecule has 1 amide bonds. The second kappa shape index (κ2) is 12.0. The van der Waals surface area contributed by atoms with Crippen LogP contribution in [0.4, 0.5) is 11.5 Å². The van der Waals surface area contributed by atoms with Crippen LogP contribution in [0.25, 0.3) is 0 Å². The van der Waals surface area contributed by atoms with E-state index in [2.05, 4.69) is 39.7 Å². The lowest BCUT2D eigenvalue weighted by Crippen LogP contribution is -2.49. The van der Waals surface area contributed by atoms with Crippen molar-refractivity contribution in [2.24, 2.45) is 5.92 Å². The number of aromatic nitrogens is 2. The number of carbonyl (C=O) groups is 1. The molecule has 2 aliphatic heterocycles. The van der Waals surface area contributed by atoms with Gasteiger partial charge in [-0.1, -0.05) is 17.7 Å². The number of pyridine rings is 2. The lowest BCUT2D eigenvalue weighted by Gasteiger charge is -2.37. The molecule has 0 radical (unpaired) electrons. The average molecular weight is 595 g/mol. The van der Waals surface area contributed by atoms with Gasteiger partial charge in [-0.2, -0.15) is 0 Å². The molecule has 0 saturated carbocycles. The van der Waals surface area contributed by atoms with E-state index >= 15 is 0 Å². The predicted molar refractivity (Wildman–Crippen MR) is 166 cm³/mol. The second-order valence-electron chi connectivity index (χ2n) is 11.4. The molecule has 218 valence electrons. The van der Waals surface area contributed by atoms with Gasteiger partial charge in [0.2, 0.25) is 0 Å². The highest BCUT2D eigenvalue weighted by atomic mass is 35.5. The number of halogens is 1. The zero-order chi connectivity index (χ0) is 29.3. The molecule has 2 aromatic heterocycles. The van der Waals surface area contributed by atoms with Gasteiger partial charge in [-0.05, 0) is 92.5 Å². The topological polar surface area (TPSA) is 93.5 Å². The first-order chi connectivity index (χ1) is 19.5. The van der Waals surface area contributed by atoms with E-state index in [4.69, 9.17) is 16.4 Å². The average Bonchev–Trinajstić information content (AvgIpc) is 2.95. The maximum atomic E-state index is 13.9. The molecule has 1 aromatic carbocycles. The minimum absolute atomic E-state index is 0.0757. The third kappa shape index (κ3) is 6.21. The monoisotopic (exact) mass is 594 g/mol. The lowest BCUT2D eigenvalue weighted by molar-refractivity contribution is 0.0745. The number of aryl methyl sites for hydroxylation is 2. The largest absolute Gasteiger partial charge is 0.366 e. The number of carbonyl (C=O) groups excluding carboxylic acids is 1. The fraction of sp³-hybridized carbons (Fsp3) is 0.452. The van der Waals surface area contributed by atoms with Crippen molar-refractivity contribution < 1.29 is 9.00 Å². The van der Waals surface area contributed by atoms with Gasteiger partial charge in [0.05, 0.1) is 20.4 Å². The number of piperidine rings is 1. The third-order valence-corrected chi connectivity index (χ3v) is 9.87. The van der Waals surface area contributed by atoms with Crippen LogP contribution >= 0.6 is 11.6 Å². The predicted octanol–water partition coefficient (Wildman–Crippen LogP) is 5.51. The highest BCUT2D eigenvalue weighted by molar-refractivity contribution is 7.91. The number of amides is 1. The molecule has 2 fully saturated rings. The van der Waals surface area contributed by atoms with Gasteiger partial charge in [0, 0.05) is 63.5 Å². The SMILES string of the molecule is Cc1cc(C)c(C(=O)N2CCN(c3cccnc3[S@](C)(=N)=O)CC2)c(C)c1CC1CCN(c2ncccc2Cl)CC1. The zero-order valence-electron chi connectivity index (χ0n) is 24.3. The van der Waals surface area contributed by atoms with Gasteiger partial charge in [0.1, 0.15) is 5.82 Å². The summed E-state index contributed by atoms with van der Waals surface area (Å²) in [7, 11) is -2.95. The number of hydrogen-bond donors (Lipinski definition) is 1. The summed E-state index contributed by atoms with van der Waals surface area (Å²) in [4.78, 5) is 28.9. The van der Waals surface area contributed by atoms with Crippen LogP contribution in [-0.2, 0) is 16.1 Å². The number of rotatable bonds is 6. The first-order valence-corrected chi connectivity index (χ1v) is 16.6. The highest BCUT2D eigenvalue weighted by Gasteiger charge is 2.29. The van der Waals surface area contributed by atoms with Crippen molar-refractivity contribution in [1.29, 1.82) is 4.78 Å². The zero-order valence-corrected chi connectivity index (χ0v) is 25.9. The van der Waals surface area contributed by atoms with Gasteiger partial charge in [0.15, 0.2) is 5.03 Å². The Labute approximate surface area is 248 Å². The van der Waals surface area contributed by atoms with Crippen molar-refractivity contribution in [3.05, 3.63) is 75.6 Å². The molecule has 2 saturated heterocycles. The summed E-state index contributed by atoms with van der Waals surface area (Å²) >= 11 is 6.39. The van der Waals surface area contributed by atoms with Gasteiger partial charge < -0.3 is 14.7 Å². The van der Waals surface area contributed by atoms with Crippen LogP contribution in [0.5, 0.6) is 0 Å². The fourth-order valence-electron chi connectivity index (χ4n) is 6.35. The molecule has 41 heavy (non-hydrogen) atoms. The molecule has 10 heteroatoms. The molecule has 0 spiro atoms. The fourth-order valence-corrected chi connectivity index (χ4v) is 7.45. The maximum Gasteiger partial charge on any atom is 0.254 e. The quantitative estimate of drug-likeness (QED) is 0.404. The summed E-state index contributed by atoms with van der Waals surface area (Å²) in [6.07, 6.45) is 7.85. The molecular formula is C31H39ClN6O2S. The number of nitrogens with one attached hydrogen (secondary N) is 1. The van der Waals surface area contributed by atoms with E-state index in [9.17, 15) is 9.00 Å². The molecule has 8 nitrogen and oxygen atoms in total. The van der Waals surface area contributed by atoms with Crippen molar-refractivity contribution >= 4 is 38.7 Å². The van der Waals surface area contributed by atoms with Crippen molar-refractivity contribution in [2.45, 2.75) is 45.1 Å². The van der Waals surface area contributed by atoms with E-state index in [1.54, 1.807) is 18.5 Å². The van der Waals surface area contributed by atoms with E-state index in [1.807, 2.05) is 30.0 Å². The smallest absolute Gasteiger partial charge is 0.254 e. The van der Waals surface area contributed by atoms with E-state index in [-0.39, 0.29) is 5.91 Å². The van der Waals surface area contributed by atoms with Gasteiger partial charge in [-0.25, -0.2) is 19.0 Å². The molecule has 0 aliphatic carbocycles. The van der Waals surface area contributed by atoms with Gasteiger partial charge in [-0.15, -0.1) is 0 Å². The normalized spacial score (nSPS) is 17.9. The van der Waals surface area contributed by atoms with Crippen LogP contribution in [0.2, 0.25) is 5.02 Å². The van der Waals surface area contributed by atoms with Crippen molar-refractivity contribution in [3.63, 3.8) is 0 Å². The Morgan fingerprint density at radius 3 is 2.29 bits per heavy atom. The third-order valence-electron chi connectivity index (χ3n) is 8.52. The second-order valence-corrected chi connectivity index (χ2v) is 13.9. The number of nitrogens with zero attached hydrogens (tertiary/aromatic N) is 5. The molecule has 1 atom stereocenters. The van der Waals surface area contributed by atoms with Crippen LogP contribution in [0.15, 0.2) is 47.8 Å². The lowest BCUT2D eigenvalue weighted by atomic mass is 9.84. The summed E-state index contributed by atoms with van der Waals surface area (Å²) in [6, 6.07) is 9.60. The standard InChI is InChI=1S/C31H39ClN6O2S/c1-21-19-22(2)28(23(3)25(21)20-24-9-13-37(14-10-24)29-26(32)7-5-11-34-29)31(39)38-17-15-36(16-18-38)27-8-6-12-35-30(27)41(4,33)40/h5-8,11-12,19,24,33H,9-10,13-18,20H2,1-4H3/t41-/m1/s1. The number of hydrogen-bond acceptors (Lipinski definition) is 7. The Morgan fingerprint density at radius 1 is 0.976 bits per heavy atom. The first kappa shape index (κ1) is 29.3. The molecule has 3 aromatic rings.